The van der Waals surface area contributed by atoms with Crippen LogP contribution in [0.1, 0.15) is 12.0 Å². The lowest BCUT2D eigenvalue weighted by atomic mass is 9.87. The van der Waals surface area contributed by atoms with Gasteiger partial charge in [0.1, 0.15) is 0 Å². The molecule has 18 heavy (non-hydrogen) atoms. The van der Waals surface area contributed by atoms with Gasteiger partial charge in [0.05, 0.1) is 12.1 Å². The molecule has 2 N–H and O–H groups in total. The second-order valence-corrected chi connectivity index (χ2v) is 6.20. The van der Waals surface area contributed by atoms with Crippen molar-refractivity contribution >= 4 is 11.8 Å². The van der Waals surface area contributed by atoms with Crippen LogP contribution in [0.2, 0.25) is 0 Å². The Morgan fingerprint density at radius 1 is 1.39 bits per heavy atom. The van der Waals surface area contributed by atoms with Crippen LogP contribution in [0.4, 0.5) is 0 Å². The molecule has 1 unspecified atom stereocenters. The summed E-state index contributed by atoms with van der Waals surface area (Å²) >= 11 is 1.88. The average molecular weight is 266 g/mol. The number of hydrogen-bond acceptors (Lipinski definition) is 4. The van der Waals surface area contributed by atoms with Crippen molar-refractivity contribution in [3.63, 3.8) is 0 Å². The molecule has 0 bridgehead atoms. The zero-order valence-electron chi connectivity index (χ0n) is 11.1. The van der Waals surface area contributed by atoms with Crippen molar-refractivity contribution < 1.29 is 5.11 Å². The van der Waals surface area contributed by atoms with E-state index in [0.29, 0.717) is 0 Å². The average Bonchev–Trinajstić information content (AvgIpc) is 2.38. The summed E-state index contributed by atoms with van der Waals surface area (Å²) in [6.07, 6.45) is 0.985. The van der Waals surface area contributed by atoms with Crippen molar-refractivity contribution in [1.82, 2.24) is 10.2 Å². The molecule has 1 atom stereocenters. The Morgan fingerprint density at radius 2 is 2.17 bits per heavy atom. The Labute approximate surface area is 114 Å². The van der Waals surface area contributed by atoms with E-state index in [1.54, 1.807) is 0 Å². The zero-order chi connectivity index (χ0) is 13.0. The number of likely N-dealkylation sites (N-methyl/N-ethyl adjacent to an activating group) is 1. The Balaban J connectivity index is 2.17. The summed E-state index contributed by atoms with van der Waals surface area (Å²) in [5.74, 6) is 1.06. The standard InChI is InChI=1S/C14H22N2OS/c1-16(2)9-8-15-14(11-17)7-10-18-13-6-4-3-5-12(13)14/h3-6,15,17H,7-11H2,1-2H3. The number of aliphatic hydroxyl groups excluding tert-OH is 1. The van der Waals surface area contributed by atoms with E-state index in [-0.39, 0.29) is 12.1 Å². The van der Waals surface area contributed by atoms with Crippen LogP contribution in [-0.2, 0) is 5.54 Å². The molecule has 1 aromatic rings. The maximum Gasteiger partial charge on any atom is 0.0688 e. The molecule has 0 amide bonds. The van der Waals surface area contributed by atoms with Gasteiger partial charge in [0.15, 0.2) is 0 Å². The van der Waals surface area contributed by atoms with Crippen molar-refractivity contribution in [2.75, 3.05) is 39.5 Å². The van der Waals surface area contributed by atoms with Crippen molar-refractivity contribution in [2.24, 2.45) is 0 Å². The predicted molar refractivity (Wildman–Crippen MR) is 77.1 cm³/mol. The molecule has 3 nitrogen and oxygen atoms in total. The van der Waals surface area contributed by atoms with Crippen molar-refractivity contribution in [1.29, 1.82) is 0 Å². The van der Waals surface area contributed by atoms with E-state index >= 15 is 0 Å². The minimum absolute atomic E-state index is 0.165. The summed E-state index contributed by atoms with van der Waals surface area (Å²) in [7, 11) is 4.13. The fourth-order valence-electron chi connectivity index (χ4n) is 2.38. The van der Waals surface area contributed by atoms with Gasteiger partial charge in [0.2, 0.25) is 0 Å². The Kier molecular flexibility index (Phi) is 4.67. The Hall–Kier alpha value is -0.550. The van der Waals surface area contributed by atoms with E-state index in [1.807, 2.05) is 11.8 Å². The molecule has 4 heteroatoms. The molecule has 0 radical (unpaired) electrons. The summed E-state index contributed by atoms with van der Waals surface area (Å²) in [5, 5.41) is 13.4. The molecule has 100 valence electrons. The van der Waals surface area contributed by atoms with Crippen LogP contribution in [0, 0.1) is 0 Å². The molecular weight excluding hydrogens is 244 g/mol. The van der Waals surface area contributed by atoms with E-state index in [0.717, 1.165) is 25.3 Å². The van der Waals surface area contributed by atoms with E-state index < -0.39 is 0 Å². The summed E-state index contributed by atoms with van der Waals surface area (Å²) < 4.78 is 0. The highest BCUT2D eigenvalue weighted by molar-refractivity contribution is 7.99. The fourth-order valence-corrected chi connectivity index (χ4v) is 3.64. The van der Waals surface area contributed by atoms with Gasteiger partial charge in [-0.05, 0) is 32.1 Å². The first-order valence-electron chi connectivity index (χ1n) is 6.41. The third-order valence-electron chi connectivity index (χ3n) is 3.48. The molecule has 0 spiro atoms. The second kappa shape index (κ2) is 6.06. The van der Waals surface area contributed by atoms with Gasteiger partial charge in [-0.3, -0.25) is 0 Å². The van der Waals surface area contributed by atoms with E-state index in [4.69, 9.17) is 0 Å². The van der Waals surface area contributed by atoms with Gasteiger partial charge in [-0.25, -0.2) is 0 Å². The van der Waals surface area contributed by atoms with Crippen molar-refractivity contribution in [3.05, 3.63) is 29.8 Å². The number of nitrogens with zero attached hydrogens (tertiary/aromatic N) is 1. The Bertz CT molecular complexity index is 397. The first kappa shape index (κ1) is 13.9. The van der Waals surface area contributed by atoms with E-state index in [2.05, 4.69) is 48.6 Å². The van der Waals surface area contributed by atoms with Gasteiger partial charge in [0, 0.05) is 23.7 Å². The molecule has 1 aromatic carbocycles. The number of hydrogen-bond donors (Lipinski definition) is 2. The highest BCUT2D eigenvalue weighted by Gasteiger charge is 2.35. The minimum Gasteiger partial charge on any atom is -0.394 e. The number of nitrogens with one attached hydrogen (secondary N) is 1. The molecule has 0 aliphatic carbocycles. The maximum atomic E-state index is 9.87. The summed E-state index contributed by atoms with van der Waals surface area (Å²) in [6.45, 7) is 2.04. The SMILES string of the molecule is CN(C)CCNC1(CO)CCSc2ccccc21. The molecule has 0 fully saturated rings. The van der Waals surface area contributed by atoms with Crippen LogP contribution in [0.15, 0.2) is 29.2 Å². The van der Waals surface area contributed by atoms with Crippen molar-refractivity contribution in [2.45, 2.75) is 16.9 Å². The van der Waals surface area contributed by atoms with Crippen LogP contribution in [-0.4, -0.2) is 49.6 Å². The quantitative estimate of drug-likeness (QED) is 0.847. The summed E-state index contributed by atoms with van der Waals surface area (Å²) in [5.41, 5.74) is 1.00. The molecule has 1 aliphatic heterocycles. The number of rotatable bonds is 5. The molecule has 0 saturated heterocycles. The molecule has 2 rings (SSSR count). The zero-order valence-corrected chi connectivity index (χ0v) is 12.0. The number of benzene rings is 1. The highest BCUT2D eigenvalue weighted by Crippen LogP contribution is 2.39. The molecular formula is C14H22N2OS. The second-order valence-electron chi connectivity index (χ2n) is 5.06. The van der Waals surface area contributed by atoms with Crippen molar-refractivity contribution in [3.8, 4) is 0 Å². The monoisotopic (exact) mass is 266 g/mol. The third-order valence-corrected chi connectivity index (χ3v) is 4.56. The lowest BCUT2D eigenvalue weighted by molar-refractivity contribution is 0.150. The highest BCUT2D eigenvalue weighted by atomic mass is 32.2. The molecule has 1 heterocycles. The van der Waals surface area contributed by atoms with Crippen LogP contribution < -0.4 is 5.32 Å². The lowest BCUT2D eigenvalue weighted by Gasteiger charge is -2.38. The smallest absolute Gasteiger partial charge is 0.0688 e. The van der Waals surface area contributed by atoms with Gasteiger partial charge < -0.3 is 15.3 Å². The van der Waals surface area contributed by atoms with Crippen LogP contribution in [0.3, 0.4) is 0 Å². The summed E-state index contributed by atoms with van der Waals surface area (Å²) in [4.78, 5) is 3.46. The largest absolute Gasteiger partial charge is 0.394 e. The normalized spacial score (nSPS) is 23.1. The van der Waals surface area contributed by atoms with E-state index in [1.165, 1.54) is 10.5 Å². The Morgan fingerprint density at radius 3 is 2.89 bits per heavy atom. The fraction of sp³-hybridized carbons (Fsp3) is 0.571. The van der Waals surface area contributed by atoms with Gasteiger partial charge >= 0.3 is 0 Å². The lowest BCUT2D eigenvalue weighted by Crippen LogP contribution is -2.49. The van der Waals surface area contributed by atoms with Gasteiger partial charge in [0.25, 0.3) is 0 Å². The molecule has 0 aromatic heterocycles. The number of thioether (sulfide) groups is 1. The van der Waals surface area contributed by atoms with Gasteiger partial charge in [-0.1, -0.05) is 18.2 Å². The summed E-state index contributed by atoms with van der Waals surface area (Å²) in [6, 6.07) is 8.42. The van der Waals surface area contributed by atoms with Crippen LogP contribution in [0.5, 0.6) is 0 Å². The topological polar surface area (TPSA) is 35.5 Å². The van der Waals surface area contributed by atoms with Crippen LogP contribution >= 0.6 is 11.8 Å². The minimum atomic E-state index is -0.252. The first-order valence-corrected chi connectivity index (χ1v) is 7.39. The van der Waals surface area contributed by atoms with E-state index in [9.17, 15) is 5.11 Å². The van der Waals surface area contributed by atoms with Gasteiger partial charge in [-0.2, -0.15) is 0 Å². The van der Waals surface area contributed by atoms with Gasteiger partial charge in [-0.15, -0.1) is 11.8 Å². The first-order chi connectivity index (χ1) is 8.68. The van der Waals surface area contributed by atoms with Crippen LogP contribution in [0.25, 0.3) is 0 Å². The predicted octanol–water partition coefficient (Wildman–Crippen LogP) is 1.52. The molecule has 1 aliphatic rings. The third kappa shape index (κ3) is 2.88. The number of aliphatic hydroxyl groups is 1. The maximum absolute atomic E-state index is 9.87. The number of fused-ring (bicyclic) bond motifs is 1. The molecule has 0 saturated carbocycles.